The van der Waals surface area contributed by atoms with Crippen LogP contribution in [0.2, 0.25) is 0 Å². The Kier molecular flexibility index (Phi) is 5.78. The Morgan fingerprint density at radius 3 is 2.32 bits per heavy atom. The van der Waals surface area contributed by atoms with Gasteiger partial charge in [-0.25, -0.2) is 18.2 Å². The Bertz CT molecular complexity index is 977. The van der Waals surface area contributed by atoms with Gasteiger partial charge in [-0.15, -0.1) is 0 Å². The van der Waals surface area contributed by atoms with Gasteiger partial charge in [-0.1, -0.05) is 0 Å². The third-order valence-electron chi connectivity index (χ3n) is 3.74. The molecule has 0 aliphatic carbocycles. The van der Waals surface area contributed by atoms with Crippen molar-refractivity contribution in [3.05, 3.63) is 77.7 Å². The van der Waals surface area contributed by atoms with Crippen LogP contribution in [0.3, 0.4) is 0 Å². The summed E-state index contributed by atoms with van der Waals surface area (Å²) in [5.74, 6) is -4.24. The van der Waals surface area contributed by atoms with Gasteiger partial charge in [0.2, 0.25) is 0 Å². The number of nitrogens with one attached hydrogen (secondary N) is 2. The predicted octanol–water partition coefficient (Wildman–Crippen LogP) is 4.89. The molecule has 1 amide bonds. The number of carbonyl (C=O) groups is 1. The average molecular weight is 387 g/mol. The summed E-state index contributed by atoms with van der Waals surface area (Å²) in [6.07, 6.45) is 1.35. The number of hydrogen-bond acceptors (Lipinski definition) is 4. The number of carbonyl (C=O) groups excluding carboxylic acids is 1. The minimum Gasteiger partial charge on any atom is -0.494 e. The second-order valence-corrected chi connectivity index (χ2v) is 5.69. The van der Waals surface area contributed by atoms with E-state index in [-0.39, 0.29) is 5.69 Å². The quantitative estimate of drug-likeness (QED) is 0.591. The van der Waals surface area contributed by atoms with Gasteiger partial charge in [-0.05, 0) is 55.5 Å². The maximum Gasteiger partial charge on any atom is 0.258 e. The molecule has 0 bridgehead atoms. The van der Waals surface area contributed by atoms with Crippen molar-refractivity contribution in [2.75, 3.05) is 17.2 Å². The average Bonchev–Trinajstić information content (AvgIpc) is 2.69. The van der Waals surface area contributed by atoms with E-state index in [2.05, 4.69) is 15.6 Å². The zero-order chi connectivity index (χ0) is 20.1. The second-order valence-electron chi connectivity index (χ2n) is 5.69. The van der Waals surface area contributed by atoms with Gasteiger partial charge in [0.15, 0.2) is 17.5 Å². The van der Waals surface area contributed by atoms with Gasteiger partial charge in [0, 0.05) is 5.69 Å². The normalized spacial score (nSPS) is 10.4. The Balaban J connectivity index is 1.66. The van der Waals surface area contributed by atoms with Gasteiger partial charge in [-0.3, -0.25) is 4.79 Å². The number of aromatic nitrogens is 1. The number of ether oxygens (including phenoxy) is 1. The SMILES string of the molecule is CCOc1ccc(Nc2ccc(NC(=O)c3ccc(F)c(F)c3F)cn2)cc1. The largest absolute Gasteiger partial charge is 0.494 e. The Labute approximate surface area is 159 Å². The molecular weight excluding hydrogens is 371 g/mol. The van der Waals surface area contributed by atoms with E-state index in [0.717, 1.165) is 17.5 Å². The number of rotatable bonds is 6. The highest BCUT2D eigenvalue weighted by Crippen LogP contribution is 2.21. The van der Waals surface area contributed by atoms with E-state index in [0.29, 0.717) is 18.5 Å². The van der Waals surface area contributed by atoms with Crippen LogP contribution in [0.4, 0.5) is 30.4 Å². The van der Waals surface area contributed by atoms with Crippen LogP contribution in [0.15, 0.2) is 54.7 Å². The fraction of sp³-hybridized carbons (Fsp3) is 0.100. The number of pyridine rings is 1. The fourth-order valence-electron chi connectivity index (χ4n) is 2.39. The van der Waals surface area contributed by atoms with Crippen molar-refractivity contribution in [3.8, 4) is 5.75 Å². The molecule has 8 heteroatoms. The lowest BCUT2D eigenvalue weighted by Crippen LogP contribution is -2.15. The number of amides is 1. The van der Waals surface area contributed by atoms with Gasteiger partial charge in [0.05, 0.1) is 24.1 Å². The van der Waals surface area contributed by atoms with Crippen LogP contribution in [0.1, 0.15) is 17.3 Å². The van der Waals surface area contributed by atoms with Crippen molar-refractivity contribution < 1.29 is 22.7 Å². The molecule has 0 aliphatic rings. The van der Waals surface area contributed by atoms with Crippen molar-refractivity contribution >= 4 is 23.1 Å². The molecule has 1 aromatic heterocycles. The minimum atomic E-state index is -1.69. The molecule has 0 unspecified atom stereocenters. The number of nitrogens with zero attached hydrogens (tertiary/aromatic N) is 1. The lowest BCUT2D eigenvalue weighted by Gasteiger charge is -2.09. The van der Waals surface area contributed by atoms with Crippen LogP contribution in [0.25, 0.3) is 0 Å². The molecule has 0 spiro atoms. The molecule has 2 aromatic carbocycles. The van der Waals surface area contributed by atoms with Crippen LogP contribution in [-0.4, -0.2) is 17.5 Å². The summed E-state index contributed by atoms with van der Waals surface area (Å²) in [4.78, 5) is 16.2. The van der Waals surface area contributed by atoms with E-state index >= 15 is 0 Å². The zero-order valence-corrected chi connectivity index (χ0v) is 14.8. The summed E-state index contributed by atoms with van der Waals surface area (Å²) >= 11 is 0. The number of halogens is 3. The summed E-state index contributed by atoms with van der Waals surface area (Å²) in [5, 5.41) is 5.46. The standard InChI is InChI=1S/C20H16F3N3O2/c1-2-28-14-6-3-12(4-7-14)25-17-10-5-13(11-24-17)26-20(27)15-8-9-16(21)19(23)18(15)22/h3-11H,2H2,1H3,(H,24,25)(H,26,27). The molecule has 28 heavy (non-hydrogen) atoms. The van der Waals surface area contributed by atoms with Crippen LogP contribution in [0.5, 0.6) is 5.75 Å². The van der Waals surface area contributed by atoms with Crippen LogP contribution in [0, 0.1) is 17.5 Å². The summed E-state index contributed by atoms with van der Waals surface area (Å²) in [6, 6.07) is 12.0. The van der Waals surface area contributed by atoms with Crippen LogP contribution in [-0.2, 0) is 0 Å². The molecule has 0 saturated heterocycles. The molecule has 144 valence electrons. The molecule has 1 heterocycles. The minimum absolute atomic E-state index is 0.270. The maximum absolute atomic E-state index is 13.7. The van der Waals surface area contributed by atoms with Gasteiger partial charge < -0.3 is 15.4 Å². The lowest BCUT2D eigenvalue weighted by atomic mass is 10.2. The van der Waals surface area contributed by atoms with Gasteiger partial charge in [-0.2, -0.15) is 0 Å². The first-order chi connectivity index (χ1) is 13.5. The van der Waals surface area contributed by atoms with Gasteiger partial charge >= 0.3 is 0 Å². The maximum atomic E-state index is 13.7. The topological polar surface area (TPSA) is 63.2 Å². The Morgan fingerprint density at radius 2 is 1.68 bits per heavy atom. The molecule has 3 rings (SSSR count). The third-order valence-corrected chi connectivity index (χ3v) is 3.74. The number of hydrogen-bond donors (Lipinski definition) is 2. The highest BCUT2D eigenvalue weighted by atomic mass is 19.2. The molecule has 3 aromatic rings. The predicted molar refractivity (Wildman–Crippen MR) is 99.4 cm³/mol. The van der Waals surface area contributed by atoms with Gasteiger partial charge in [0.1, 0.15) is 11.6 Å². The first-order valence-corrected chi connectivity index (χ1v) is 8.38. The van der Waals surface area contributed by atoms with E-state index in [1.807, 2.05) is 31.2 Å². The number of anilines is 3. The summed E-state index contributed by atoms with van der Waals surface area (Å²) in [5.41, 5.74) is 0.457. The van der Waals surface area contributed by atoms with Gasteiger partial charge in [0.25, 0.3) is 5.91 Å². The highest BCUT2D eigenvalue weighted by molar-refractivity contribution is 6.04. The Hall–Kier alpha value is -3.55. The molecule has 2 N–H and O–H groups in total. The molecule has 5 nitrogen and oxygen atoms in total. The monoisotopic (exact) mass is 387 g/mol. The van der Waals surface area contributed by atoms with E-state index in [4.69, 9.17) is 4.74 Å². The third kappa shape index (κ3) is 4.40. The molecule has 0 atom stereocenters. The summed E-state index contributed by atoms with van der Waals surface area (Å²) in [7, 11) is 0. The zero-order valence-electron chi connectivity index (χ0n) is 14.8. The molecule has 0 fully saturated rings. The van der Waals surface area contributed by atoms with Crippen molar-refractivity contribution in [3.63, 3.8) is 0 Å². The highest BCUT2D eigenvalue weighted by Gasteiger charge is 2.18. The van der Waals surface area contributed by atoms with Crippen molar-refractivity contribution in [2.24, 2.45) is 0 Å². The first-order valence-electron chi connectivity index (χ1n) is 8.38. The van der Waals surface area contributed by atoms with Crippen molar-refractivity contribution in [2.45, 2.75) is 6.92 Å². The van der Waals surface area contributed by atoms with Crippen molar-refractivity contribution in [1.29, 1.82) is 0 Å². The fourth-order valence-corrected chi connectivity index (χ4v) is 2.39. The molecule has 0 saturated carbocycles. The van der Waals surface area contributed by atoms with E-state index in [1.165, 1.54) is 6.20 Å². The summed E-state index contributed by atoms with van der Waals surface area (Å²) in [6.45, 7) is 2.48. The second kappa shape index (κ2) is 8.43. The molecular formula is C20H16F3N3O2. The van der Waals surface area contributed by atoms with Crippen LogP contribution < -0.4 is 15.4 Å². The van der Waals surface area contributed by atoms with Crippen molar-refractivity contribution in [1.82, 2.24) is 4.98 Å². The van der Waals surface area contributed by atoms with E-state index < -0.39 is 28.9 Å². The molecule has 0 aliphatic heterocycles. The first kappa shape index (κ1) is 19.2. The van der Waals surface area contributed by atoms with E-state index in [1.54, 1.807) is 12.1 Å². The smallest absolute Gasteiger partial charge is 0.258 e. The van der Waals surface area contributed by atoms with E-state index in [9.17, 15) is 18.0 Å². The Morgan fingerprint density at radius 1 is 0.964 bits per heavy atom. The molecule has 0 radical (unpaired) electrons. The van der Waals surface area contributed by atoms with Crippen LogP contribution >= 0.6 is 0 Å². The summed E-state index contributed by atoms with van der Waals surface area (Å²) < 4.78 is 45.3. The number of benzene rings is 2. The lowest BCUT2D eigenvalue weighted by molar-refractivity contribution is 0.102.